The third-order valence-electron chi connectivity index (χ3n) is 8.34. The van der Waals surface area contributed by atoms with Gasteiger partial charge in [-0.2, -0.15) is 0 Å². The molecule has 2 N–H and O–H groups in total. The average molecular weight is 585 g/mol. The van der Waals surface area contributed by atoms with Crippen molar-refractivity contribution in [3.63, 3.8) is 0 Å². The second-order valence-electron chi connectivity index (χ2n) is 12.0. The smallest absolute Gasteiger partial charge is 0.326 e. The molecule has 1 aliphatic heterocycles. The first-order valence-electron chi connectivity index (χ1n) is 14.8. The van der Waals surface area contributed by atoms with Crippen molar-refractivity contribution in [2.24, 2.45) is 5.92 Å². The summed E-state index contributed by atoms with van der Waals surface area (Å²) in [5, 5.41) is 12.2. The number of hydrogen-bond acceptors (Lipinski definition) is 6. The van der Waals surface area contributed by atoms with Gasteiger partial charge in [0.15, 0.2) is 0 Å². The fraction of sp³-hybridized carbons (Fsp3) is 0.562. The van der Waals surface area contributed by atoms with E-state index in [2.05, 4.69) is 17.1 Å². The molecule has 0 bridgehead atoms. The van der Waals surface area contributed by atoms with Crippen molar-refractivity contribution in [1.82, 2.24) is 10.2 Å². The lowest BCUT2D eigenvalue weighted by molar-refractivity contribution is -0.139. The molecule has 0 aromatic heterocycles. The summed E-state index contributed by atoms with van der Waals surface area (Å²) in [6, 6.07) is 12.6. The zero-order valence-corrected chi connectivity index (χ0v) is 25.3. The number of aliphatic carboxylic acids is 1. The number of aryl methyl sites for hydroxylation is 1. The lowest BCUT2D eigenvalue weighted by atomic mass is 9.93. The van der Waals surface area contributed by atoms with Gasteiger partial charge in [-0.3, -0.25) is 9.69 Å². The van der Waals surface area contributed by atoms with Crippen molar-refractivity contribution in [2.75, 3.05) is 25.2 Å². The third kappa shape index (κ3) is 8.87. The number of likely N-dealkylation sites (tertiary alicyclic amines) is 1. The number of rotatable bonds is 12. The van der Waals surface area contributed by atoms with Crippen LogP contribution in [0.3, 0.4) is 0 Å². The van der Waals surface area contributed by atoms with Gasteiger partial charge in [-0.1, -0.05) is 56.5 Å². The maximum absolute atomic E-state index is 13.4. The number of nitrogens with one attached hydrogen (secondary N) is 1. The zero-order chi connectivity index (χ0) is 29.6. The van der Waals surface area contributed by atoms with E-state index in [0.717, 1.165) is 67.5 Å². The van der Waals surface area contributed by atoms with Crippen molar-refractivity contribution in [3.05, 3.63) is 59.2 Å². The van der Waals surface area contributed by atoms with Gasteiger partial charge in [0.2, 0.25) is 0 Å². The van der Waals surface area contributed by atoms with Crippen LogP contribution in [0.2, 0.25) is 0 Å². The Kier molecular flexibility index (Phi) is 10.6. The molecule has 2 fully saturated rings. The van der Waals surface area contributed by atoms with Crippen LogP contribution in [0.4, 0.5) is 0 Å². The fourth-order valence-corrected chi connectivity index (χ4v) is 6.79. The minimum Gasteiger partial charge on any atom is -0.480 e. The Labute approximate surface area is 244 Å². The SMILES string of the molecule is Cc1ccccc1-c1cc(CN2CC(C)C[C@H]2COC2CCCCC2)ccc1C(=O)NC(CCS(C)(=O)=O)C(=O)O. The summed E-state index contributed by atoms with van der Waals surface area (Å²) in [6.07, 6.45) is 8.45. The number of carbonyl (C=O) groups is 2. The highest BCUT2D eigenvalue weighted by molar-refractivity contribution is 7.90. The third-order valence-corrected chi connectivity index (χ3v) is 9.32. The van der Waals surface area contributed by atoms with Gasteiger partial charge in [0.05, 0.1) is 18.5 Å². The maximum atomic E-state index is 13.4. The van der Waals surface area contributed by atoms with E-state index in [4.69, 9.17) is 4.74 Å². The summed E-state index contributed by atoms with van der Waals surface area (Å²) in [4.78, 5) is 27.7. The number of hydrogen-bond donors (Lipinski definition) is 2. The largest absolute Gasteiger partial charge is 0.480 e. The summed E-state index contributed by atoms with van der Waals surface area (Å²) in [5.74, 6) is -1.55. The minimum absolute atomic E-state index is 0.199. The summed E-state index contributed by atoms with van der Waals surface area (Å²) >= 11 is 0. The van der Waals surface area contributed by atoms with E-state index in [1.807, 2.05) is 43.3 Å². The van der Waals surface area contributed by atoms with Crippen LogP contribution < -0.4 is 5.32 Å². The number of amides is 1. The van der Waals surface area contributed by atoms with Crippen LogP contribution in [0, 0.1) is 12.8 Å². The lowest BCUT2D eigenvalue weighted by Gasteiger charge is -2.28. The normalized spacial score (nSPS) is 21.0. The second-order valence-corrected chi connectivity index (χ2v) is 14.3. The molecule has 41 heavy (non-hydrogen) atoms. The predicted molar refractivity (Wildman–Crippen MR) is 161 cm³/mol. The molecule has 3 atom stereocenters. The van der Waals surface area contributed by atoms with Crippen LogP contribution in [-0.4, -0.2) is 73.6 Å². The number of nitrogens with zero attached hydrogens (tertiary/aromatic N) is 1. The molecule has 0 spiro atoms. The van der Waals surface area contributed by atoms with Crippen LogP contribution in [0.25, 0.3) is 11.1 Å². The molecule has 1 saturated heterocycles. The highest BCUT2D eigenvalue weighted by atomic mass is 32.2. The molecule has 8 nitrogen and oxygen atoms in total. The summed E-state index contributed by atoms with van der Waals surface area (Å²) in [6.45, 7) is 6.72. The van der Waals surface area contributed by atoms with Crippen LogP contribution in [0.1, 0.15) is 73.4 Å². The molecule has 1 aliphatic carbocycles. The molecule has 2 aromatic carbocycles. The second kappa shape index (κ2) is 13.9. The van der Waals surface area contributed by atoms with Gasteiger partial charge in [-0.25, -0.2) is 13.2 Å². The minimum atomic E-state index is -3.37. The molecule has 0 radical (unpaired) electrons. The number of benzene rings is 2. The van der Waals surface area contributed by atoms with Crippen LogP contribution in [0.15, 0.2) is 42.5 Å². The van der Waals surface area contributed by atoms with Crippen molar-refractivity contribution in [3.8, 4) is 11.1 Å². The Hall–Kier alpha value is -2.75. The van der Waals surface area contributed by atoms with Gasteiger partial charge in [0.25, 0.3) is 5.91 Å². The Morgan fingerprint density at radius 3 is 2.51 bits per heavy atom. The molecule has 1 saturated carbocycles. The first-order chi connectivity index (χ1) is 19.5. The van der Waals surface area contributed by atoms with E-state index in [9.17, 15) is 23.1 Å². The van der Waals surface area contributed by atoms with Crippen LogP contribution >= 0.6 is 0 Å². The monoisotopic (exact) mass is 584 g/mol. The summed E-state index contributed by atoms with van der Waals surface area (Å²) in [7, 11) is -3.37. The Bertz CT molecular complexity index is 1320. The molecule has 4 rings (SSSR count). The van der Waals surface area contributed by atoms with Crippen molar-refractivity contribution >= 4 is 21.7 Å². The van der Waals surface area contributed by atoms with Gasteiger partial charge >= 0.3 is 5.97 Å². The van der Waals surface area contributed by atoms with Gasteiger partial charge < -0.3 is 15.2 Å². The quantitative estimate of drug-likeness (QED) is 0.367. The molecular weight excluding hydrogens is 540 g/mol. The van der Waals surface area contributed by atoms with Crippen molar-refractivity contribution < 1.29 is 27.9 Å². The molecule has 9 heteroatoms. The van der Waals surface area contributed by atoms with E-state index in [1.54, 1.807) is 6.07 Å². The maximum Gasteiger partial charge on any atom is 0.326 e. The van der Waals surface area contributed by atoms with E-state index in [0.29, 0.717) is 23.6 Å². The molecule has 1 amide bonds. The summed E-state index contributed by atoms with van der Waals surface area (Å²) < 4.78 is 29.6. The molecule has 2 aromatic rings. The van der Waals surface area contributed by atoms with Gasteiger partial charge in [0, 0.05) is 31.0 Å². The average Bonchev–Trinajstić information content (AvgIpc) is 3.28. The standard InChI is InChI=1S/C32H44N2O6S/c1-22-17-25(21-40-26-10-5-4-6-11-26)34(19-22)20-24-13-14-28(29(18-24)27-12-8-7-9-23(27)2)31(35)33-30(32(36)37)15-16-41(3,38)39/h7-9,12-14,18,22,25-26,30H,4-6,10-11,15-17,19-21H2,1-3H3,(H,33,35)(H,36,37)/t22?,25-,30?/m0/s1. The zero-order valence-electron chi connectivity index (χ0n) is 24.5. The van der Waals surface area contributed by atoms with Crippen LogP contribution in [-0.2, 0) is 25.9 Å². The Morgan fingerprint density at radius 1 is 1.10 bits per heavy atom. The fourth-order valence-electron chi connectivity index (χ4n) is 6.13. The number of carbonyl (C=O) groups excluding carboxylic acids is 1. The van der Waals surface area contributed by atoms with Gasteiger partial charge in [0.1, 0.15) is 15.9 Å². The number of carboxylic acids is 1. The van der Waals surface area contributed by atoms with E-state index < -0.39 is 27.8 Å². The molecule has 1 heterocycles. The number of sulfone groups is 1. The lowest BCUT2D eigenvalue weighted by Crippen LogP contribution is -2.42. The molecule has 2 aliphatic rings. The molecule has 224 valence electrons. The first kappa shape index (κ1) is 31.2. The summed E-state index contributed by atoms with van der Waals surface area (Å²) in [5.41, 5.74) is 4.06. The van der Waals surface area contributed by atoms with E-state index in [-0.39, 0.29) is 12.2 Å². The van der Waals surface area contributed by atoms with Crippen molar-refractivity contribution in [2.45, 2.75) is 83.5 Å². The van der Waals surface area contributed by atoms with E-state index in [1.165, 1.54) is 19.3 Å². The topological polar surface area (TPSA) is 113 Å². The number of ether oxygens (including phenoxy) is 1. The molecular formula is C32H44N2O6S. The van der Waals surface area contributed by atoms with Crippen molar-refractivity contribution in [1.29, 1.82) is 0 Å². The predicted octanol–water partition coefficient (Wildman–Crippen LogP) is 4.84. The highest BCUT2D eigenvalue weighted by Gasteiger charge is 2.31. The Balaban J connectivity index is 1.55. The van der Waals surface area contributed by atoms with Crippen LogP contribution in [0.5, 0.6) is 0 Å². The molecule has 2 unspecified atom stereocenters. The first-order valence-corrected chi connectivity index (χ1v) is 16.8. The van der Waals surface area contributed by atoms with Gasteiger partial charge in [-0.15, -0.1) is 0 Å². The van der Waals surface area contributed by atoms with E-state index >= 15 is 0 Å². The van der Waals surface area contributed by atoms with Gasteiger partial charge in [-0.05, 0) is 72.9 Å². The Morgan fingerprint density at radius 2 is 1.83 bits per heavy atom. The highest BCUT2D eigenvalue weighted by Crippen LogP contribution is 2.31. The number of carboxylic acid groups (broad SMARTS) is 1.